The molecular weight excluding hydrogens is 508 g/mol. The van der Waals surface area contributed by atoms with Crippen molar-refractivity contribution < 1.29 is 4.70 Å². The Labute approximate surface area is 259 Å². The molecule has 0 atom stereocenters. The second kappa shape index (κ2) is 17.6. The SMILES string of the molecule is CCCCC1=C(c2cc(CCCC)c(CC)c(CCCC)c2)[N+](=[N-])C(c2cc(CCCC)c(CC)c(CCCC)c2)=C1. The van der Waals surface area contributed by atoms with Crippen LogP contribution in [0.2, 0.25) is 0 Å². The van der Waals surface area contributed by atoms with Crippen molar-refractivity contribution >= 4 is 11.4 Å². The summed E-state index contributed by atoms with van der Waals surface area (Å²) in [6.07, 6.45) is 21.9. The molecule has 0 radical (unpaired) electrons. The lowest BCUT2D eigenvalue weighted by molar-refractivity contribution is -0.344. The molecule has 0 amide bonds. The highest BCUT2D eigenvalue weighted by molar-refractivity contribution is 5.79. The Balaban J connectivity index is 2.16. The van der Waals surface area contributed by atoms with Gasteiger partial charge in [-0.1, -0.05) is 80.6 Å². The molecule has 0 bridgehead atoms. The molecule has 2 aromatic carbocycles. The average molecular weight is 569 g/mol. The normalized spacial score (nSPS) is 13.4. The van der Waals surface area contributed by atoms with E-state index in [1.165, 1.54) is 90.3 Å². The molecule has 0 unspecified atom stereocenters. The van der Waals surface area contributed by atoms with E-state index in [4.69, 9.17) is 0 Å². The molecule has 0 aliphatic carbocycles. The minimum atomic E-state index is 0.957. The number of allylic oxidation sites excluding steroid dienone is 2. The Kier molecular flexibility index (Phi) is 14.2. The van der Waals surface area contributed by atoms with E-state index in [-0.39, 0.29) is 0 Å². The quantitative estimate of drug-likeness (QED) is 0.151. The molecule has 2 heteroatoms. The fourth-order valence-corrected chi connectivity index (χ4v) is 6.77. The molecule has 0 saturated heterocycles. The summed E-state index contributed by atoms with van der Waals surface area (Å²) in [7, 11) is 0. The first kappa shape index (κ1) is 34.0. The highest BCUT2D eigenvalue weighted by Crippen LogP contribution is 2.40. The summed E-state index contributed by atoms with van der Waals surface area (Å²) in [5.41, 5.74) is 26.7. The Morgan fingerprint density at radius 1 is 0.500 bits per heavy atom. The molecule has 2 aromatic rings. The van der Waals surface area contributed by atoms with Crippen LogP contribution >= 0.6 is 0 Å². The van der Waals surface area contributed by atoms with Gasteiger partial charge in [0.15, 0.2) is 0 Å². The van der Waals surface area contributed by atoms with E-state index in [1.54, 1.807) is 15.8 Å². The summed E-state index contributed by atoms with van der Waals surface area (Å²) in [6, 6.07) is 9.65. The lowest BCUT2D eigenvalue weighted by atomic mass is 9.89. The second-order valence-electron chi connectivity index (χ2n) is 12.5. The second-order valence-corrected chi connectivity index (χ2v) is 12.5. The van der Waals surface area contributed by atoms with E-state index in [9.17, 15) is 5.53 Å². The maximum atomic E-state index is 12.1. The summed E-state index contributed by atoms with van der Waals surface area (Å²) >= 11 is 0. The fourth-order valence-electron chi connectivity index (χ4n) is 6.77. The highest BCUT2D eigenvalue weighted by atomic mass is 15.2. The predicted octanol–water partition coefficient (Wildman–Crippen LogP) is 12.2. The zero-order valence-corrected chi connectivity index (χ0v) is 28.3. The van der Waals surface area contributed by atoms with Crippen molar-refractivity contribution in [1.82, 2.24) is 0 Å². The smallest absolute Gasteiger partial charge is 0.210 e. The summed E-state index contributed by atoms with van der Waals surface area (Å²) in [5.74, 6) is 0. The maximum Gasteiger partial charge on any atom is 0.210 e. The van der Waals surface area contributed by atoms with Gasteiger partial charge in [-0.05, 0) is 135 Å². The third-order valence-electron chi connectivity index (χ3n) is 9.20. The molecule has 3 rings (SSSR count). The largest absolute Gasteiger partial charge is 0.493 e. The Morgan fingerprint density at radius 2 is 0.857 bits per heavy atom. The molecule has 0 spiro atoms. The third kappa shape index (κ3) is 8.33. The predicted molar refractivity (Wildman–Crippen MR) is 184 cm³/mol. The summed E-state index contributed by atoms with van der Waals surface area (Å²) in [5, 5.41) is 0. The first-order chi connectivity index (χ1) is 20.5. The van der Waals surface area contributed by atoms with Crippen LogP contribution in [0.25, 0.3) is 16.9 Å². The van der Waals surface area contributed by atoms with Gasteiger partial charge < -0.3 is 5.53 Å². The first-order valence-electron chi connectivity index (χ1n) is 17.7. The van der Waals surface area contributed by atoms with Crippen LogP contribution in [-0.4, -0.2) is 4.70 Å². The van der Waals surface area contributed by atoms with Crippen LogP contribution in [0.15, 0.2) is 35.9 Å². The molecule has 1 heterocycles. The van der Waals surface area contributed by atoms with E-state index >= 15 is 0 Å². The molecule has 0 saturated carbocycles. The van der Waals surface area contributed by atoms with Crippen molar-refractivity contribution in [3.63, 3.8) is 0 Å². The topological polar surface area (TPSA) is 25.3 Å². The van der Waals surface area contributed by atoms with Crippen molar-refractivity contribution in [3.05, 3.63) is 86.0 Å². The van der Waals surface area contributed by atoms with Gasteiger partial charge in [0.05, 0.1) is 0 Å². The monoisotopic (exact) mass is 568 g/mol. The average Bonchev–Trinajstić information content (AvgIpc) is 3.34. The summed E-state index contributed by atoms with van der Waals surface area (Å²) in [4.78, 5) is 0. The van der Waals surface area contributed by atoms with Crippen molar-refractivity contribution in [2.75, 3.05) is 0 Å². The Bertz CT molecular complexity index is 1180. The molecular formula is C40H60N2. The van der Waals surface area contributed by atoms with Crippen LogP contribution in [-0.2, 0) is 38.5 Å². The maximum absolute atomic E-state index is 12.1. The Morgan fingerprint density at radius 3 is 1.21 bits per heavy atom. The van der Waals surface area contributed by atoms with E-state index < -0.39 is 0 Å². The number of hydrogen-bond donors (Lipinski definition) is 0. The molecule has 0 fully saturated rings. The van der Waals surface area contributed by atoms with Crippen molar-refractivity contribution in [2.24, 2.45) is 0 Å². The highest BCUT2D eigenvalue weighted by Gasteiger charge is 2.30. The Hall–Kier alpha value is -2.48. The van der Waals surface area contributed by atoms with Crippen LogP contribution in [0.5, 0.6) is 0 Å². The fraction of sp³-hybridized carbons (Fsp3) is 0.600. The first-order valence-corrected chi connectivity index (χ1v) is 17.7. The van der Waals surface area contributed by atoms with E-state index in [0.717, 1.165) is 69.2 Å². The van der Waals surface area contributed by atoms with Gasteiger partial charge in [-0.2, -0.15) is 0 Å². The van der Waals surface area contributed by atoms with Crippen LogP contribution < -0.4 is 0 Å². The summed E-state index contributed by atoms with van der Waals surface area (Å²) < 4.78 is 1.56. The van der Waals surface area contributed by atoms with Crippen LogP contribution in [0.3, 0.4) is 0 Å². The van der Waals surface area contributed by atoms with Gasteiger partial charge in [0.2, 0.25) is 11.4 Å². The number of nitrogens with zero attached hydrogens (tertiary/aromatic N) is 2. The minimum absolute atomic E-state index is 0.957. The number of aryl methyl sites for hydroxylation is 4. The van der Waals surface area contributed by atoms with Gasteiger partial charge in [-0.25, -0.2) is 4.70 Å². The number of benzene rings is 2. The number of rotatable bonds is 19. The van der Waals surface area contributed by atoms with Gasteiger partial charge in [0.25, 0.3) is 0 Å². The molecule has 1 aliphatic rings. The van der Waals surface area contributed by atoms with Gasteiger partial charge in [0.1, 0.15) is 0 Å². The van der Waals surface area contributed by atoms with Crippen molar-refractivity contribution in [3.8, 4) is 0 Å². The lowest BCUT2D eigenvalue weighted by Crippen LogP contribution is -2.08. The van der Waals surface area contributed by atoms with Crippen LogP contribution in [0.1, 0.15) is 164 Å². The minimum Gasteiger partial charge on any atom is -0.493 e. The lowest BCUT2D eigenvalue weighted by Gasteiger charge is -2.19. The molecule has 1 aliphatic heterocycles. The van der Waals surface area contributed by atoms with Crippen LogP contribution in [0, 0.1) is 0 Å². The summed E-state index contributed by atoms with van der Waals surface area (Å²) in [6.45, 7) is 16.0. The van der Waals surface area contributed by atoms with E-state index in [1.807, 2.05) is 0 Å². The zero-order valence-electron chi connectivity index (χ0n) is 28.3. The molecule has 0 N–H and O–H groups in total. The van der Waals surface area contributed by atoms with E-state index in [2.05, 4.69) is 78.8 Å². The van der Waals surface area contributed by atoms with Crippen molar-refractivity contribution in [2.45, 2.75) is 158 Å². The van der Waals surface area contributed by atoms with Gasteiger partial charge >= 0.3 is 0 Å². The van der Waals surface area contributed by atoms with Crippen molar-refractivity contribution in [1.29, 1.82) is 0 Å². The zero-order chi connectivity index (χ0) is 30.5. The van der Waals surface area contributed by atoms with Gasteiger partial charge in [-0.3, -0.25) is 0 Å². The third-order valence-corrected chi connectivity index (χ3v) is 9.20. The molecule has 42 heavy (non-hydrogen) atoms. The van der Waals surface area contributed by atoms with E-state index in [0.29, 0.717) is 0 Å². The van der Waals surface area contributed by atoms with Gasteiger partial charge in [-0.15, -0.1) is 0 Å². The van der Waals surface area contributed by atoms with Gasteiger partial charge in [0, 0.05) is 22.8 Å². The van der Waals surface area contributed by atoms with Crippen LogP contribution in [0.4, 0.5) is 0 Å². The number of hydrogen-bond acceptors (Lipinski definition) is 0. The standard InChI is InChI=1S/C40H60N2/c1-8-15-20-30-25-35(26-31(21-16-9-2)37(30)13-6)39-29-34(24-19-12-5)40(42(39)41)36-27-32(22-17-10-3)38(14-7)33(28-36)23-18-11-4/h25-29H,8-24H2,1-7H3. The molecule has 0 aromatic heterocycles. The molecule has 230 valence electrons. The number of unbranched alkanes of at least 4 members (excludes halogenated alkanes) is 5. The molecule has 2 nitrogen and oxygen atoms in total.